The molecule has 1 saturated carbocycles. The first-order valence-electron chi connectivity index (χ1n) is 6.52. The van der Waals surface area contributed by atoms with Crippen LogP contribution in [0.25, 0.3) is 10.3 Å². The van der Waals surface area contributed by atoms with Gasteiger partial charge in [-0.25, -0.2) is 15.0 Å². The summed E-state index contributed by atoms with van der Waals surface area (Å²) in [5, 5.41) is 10.5. The van der Waals surface area contributed by atoms with Crippen LogP contribution in [0.4, 0.5) is 0 Å². The van der Waals surface area contributed by atoms with Crippen molar-refractivity contribution in [3.8, 4) is 0 Å². The fraction of sp³-hybridized carbons (Fsp3) is 0.615. The number of aliphatic hydroxyl groups is 1. The van der Waals surface area contributed by atoms with Crippen LogP contribution in [0.3, 0.4) is 0 Å². The highest BCUT2D eigenvalue weighted by molar-refractivity contribution is 7.18. The van der Waals surface area contributed by atoms with Crippen LogP contribution in [0.15, 0.2) is 0 Å². The minimum Gasteiger partial charge on any atom is -0.390 e. The molecular formula is C13H17N3OS. The third-order valence-corrected chi connectivity index (χ3v) is 4.68. The van der Waals surface area contributed by atoms with Crippen LogP contribution in [-0.2, 0) is 6.61 Å². The summed E-state index contributed by atoms with van der Waals surface area (Å²) in [5.74, 6) is 1.30. The maximum Gasteiger partial charge on any atom is 0.147 e. The van der Waals surface area contributed by atoms with Crippen LogP contribution < -0.4 is 0 Å². The molecule has 0 atom stereocenters. The van der Waals surface area contributed by atoms with Crippen LogP contribution in [0.2, 0.25) is 0 Å². The first kappa shape index (κ1) is 12.0. The summed E-state index contributed by atoms with van der Waals surface area (Å²) >= 11 is 1.67. The molecule has 0 aromatic carbocycles. The molecule has 0 bridgehead atoms. The molecule has 18 heavy (non-hydrogen) atoms. The van der Waals surface area contributed by atoms with E-state index in [1.54, 1.807) is 11.3 Å². The van der Waals surface area contributed by atoms with Crippen molar-refractivity contribution in [2.45, 2.75) is 51.6 Å². The summed E-state index contributed by atoms with van der Waals surface area (Å²) in [7, 11) is 0. The van der Waals surface area contributed by atoms with Gasteiger partial charge in [0.15, 0.2) is 0 Å². The maximum absolute atomic E-state index is 9.35. The average Bonchev–Trinajstić information content (AvgIpc) is 2.82. The van der Waals surface area contributed by atoms with Crippen LogP contribution in [0.1, 0.15) is 54.5 Å². The van der Waals surface area contributed by atoms with Gasteiger partial charge < -0.3 is 5.11 Å². The molecule has 0 saturated heterocycles. The van der Waals surface area contributed by atoms with E-state index in [9.17, 15) is 5.11 Å². The molecule has 1 aliphatic carbocycles. The molecule has 96 valence electrons. The zero-order valence-corrected chi connectivity index (χ0v) is 11.3. The maximum atomic E-state index is 9.35. The minimum absolute atomic E-state index is 0.0618. The predicted octanol–water partition coefficient (Wildman–Crippen LogP) is 2.93. The summed E-state index contributed by atoms with van der Waals surface area (Å²) < 4.78 is 0. The Morgan fingerprint density at radius 3 is 2.67 bits per heavy atom. The molecule has 0 radical (unpaired) electrons. The van der Waals surface area contributed by atoms with Gasteiger partial charge in [-0.1, -0.05) is 30.6 Å². The van der Waals surface area contributed by atoms with Crippen molar-refractivity contribution in [2.24, 2.45) is 0 Å². The van der Waals surface area contributed by atoms with Gasteiger partial charge in [-0.2, -0.15) is 0 Å². The van der Waals surface area contributed by atoms with Gasteiger partial charge in [-0.3, -0.25) is 0 Å². The summed E-state index contributed by atoms with van der Waals surface area (Å²) in [6.07, 6.45) is 6.43. The Morgan fingerprint density at radius 1 is 1.17 bits per heavy atom. The first-order valence-corrected chi connectivity index (χ1v) is 7.34. The standard InChI is InChI=1S/C13H17N3OS/c1-8-14-10(7-17)11-13(15-8)18-12(16-11)9-5-3-2-4-6-9/h9,17H,2-7H2,1H3. The zero-order chi connectivity index (χ0) is 12.5. The lowest BCUT2D eigenvalue weighted by Crippen LogP contribution is -2.03. The number of hydrogen-bond acceptors (Lipinski definition) is 5. The monoisotopic (exact) mass is 263 g/mol. The number of aliphatic hydroxyl groups excluding tert-OH is 1. The lowest BCUT2D eigenvalue weighted by molar-refractivity contribution is 0.278. The van der Waals surface area contributed by atoms with E-state index in [-0.39, 0.29) is 6.61 Å². The Kier molecular flexibility index (Phi) is 3.26. The summed E-state index contributed by atoms with van der Waals surface area (Å²) in [4.78, 5) is 14.3. The predicted molar refractivity (Wildman–Crippen MR) is 71.7 cm³/mol. The van der Waals surface area contributed by atoms with Crippen LogP contribution in [0.5, 0.6) is 0 Å². The highest BCUT2D eigenvalue weighted by Gasteiger charge is 2.21. The molecule has 1 aliphatic rings. The van der Waals surface area contributed by atoms with Gasteiger partial charge in [0.05, 0.1) is 17.3 Å². The quantitative estimate of drug-likeness (QED) is 0.905. The van der Waals surface area contributed by atoms with Gasteiger partial charge in [-0.05, 0) is 19.8 Å². The van der Waals surface area contributed by atoms with Crippen LogP contribution in [-0.4, -0.2) is 20.1 Å². The molecule has 0 spiro atoms. The highest BCUT2D eigenvalue weighted by Crippen LogP contribution is 2.36. The number of hydrogen-bond donors (Lipinski definition) is 1. The number of aromatic nitrogens is 3. The Balaban J connectivity index is 2.04. The molecule has 2 heterocycles. The van der Waals surface area contributed by atoms with Crippen molar-refractivity contribution >= 4 is 21.7 Å². The van der Waals surface area contributed by atoms with E-state index in [1.165, 1.54) is 37.1 Å². The Bertz CT molecular complexity index is 561. The Morgan fingerprint density at radius 2 is 1.94 bits per heavy atom. The lowest BCUT2D eigenvalue weighted by atomic mass is 9.90. The number of aryl methyl sites for hydroxylation is 1. The first-order chi connectivity index (χ1) is 8.78. The number of fused-ring (bicyclic) bond motifs is 1. The molecule has 0 aliphatic heterocycles. The molecule has 4 nitrogen and oxygen atoms in total. The van der Waals surface area contributed by atoms with E-state index < -0.39 is 0 Å². The van der Waals surface area contributed by atoms with E-state index in [1.807, 2.05) is 6.92 Å². The van der Waals surface area contributed by atoms with Crippen LogP contribution in [0, 0.1) is 6.92 Å². The normalized spacial score (nSPS) is 17.4. The van der Waals surface area contributed by atoms with E-state index >= 15 is 0 Å². The number of nitrogens with zero attached hydrogens (tertiary/aromatic N) is 3. The van der Waals surface area contributed by atoms with Crippen molar-refractivity contribution in [2.75, 3.05) is 0 Å². The van der Waals surface area contributed by atoms with Crippen molar-refractivity contribution in [3.05, 3.63) is 16.5 Å². The SMILES string of the molecule is Cc1nc(CO)c2nc(C3CCCCC3)sc2n1. The second kappa shape index (κ2) is 4.90. The smallest absolute Gasteiger partial charge is 0.147 e. The molecule has 0 unspecified atom stereocenters. The fourth-order valence-electron chi connectivity index (χ4n) is 2.65. The van der Waals surface area contributed by atoms with E-state index in [0.29, 0.717) is 17.4 Å². The summed E-state index contributed by atoms with van der Waals surface area (Å²) in [6, 6.07) is 0. The van der Waals surface area contributed by atoms with E-state index in [2.05, 4.69) is 15.0 Å². The van der Waals surface area contributed by atoms with Gasteiger partial charge in [-0.15, -0.1) is 0 Å². The average molecular weight is 263 g/mol. The molecule has 1 fully saturated rings. The molecule has 2 aromatic heterocycles. The third-order valence-electron chi connectivity index (χ3n) is 3.56. The summed E-state index contributed by atoms with van der Waals surface area (Å²) in [5.41, 5.74) is 1.46. The molecule has 0 amide bonds. The minimum atomic E-state index is -0.0618. The van der Waals surface area contributed by atoms with Gasteiger partial charge in [0.2, 0.25) is 0 Å². The number of rotatable bonds is 2. The van der Waals surface area contributed by atoms with E-state index in [0.717, 1.165) is 10.3 Å². The van der Waals surface area contributed by atoms with Gasteiger partial charge in [0, 0.05) is 5.92 Å². The second-order valence-electron chi connectivity index (χ2n) is 4.92. The van der Waals surface area contributed by atoms with Crippen molar-refractivity contribution < 1.29 is 5.11 Å². The second-order valence-corrected chi connectivity index (χ2v) is 5.93. The fourth-order valence-corrected chi connectivity index (χ4v) is 3.82. The number of thiazole rings is 1. The lowest BCUT2D eigenvalue weighted by Gasteiger charge is -2.18. The molecular weight excluding hydrogens is 246 g/mol. The van der Waals surface area contributed by atoms with Gasteiger partial charge in [0.1, 0.15) is 16.2 Å². The van der Waals surface area contributed by atoms with Crippen molar-refractivity contribution in [1.82, 2.24) is 15.0 Å². The largest absolute Gasteiger partial charge is 0.390 e. The van der Waals surface area contributed by atoms with E-state index in [4.69, 9.17) is 0 Å². The van der Waals surface area contributed by atoms with Crippen molar-refractivity contribution in [1.29, 1.82) is 0 Å². The van der Waals surface area contributed by atoms with Gasteiger partial charge >= 0.3 is 0 Å². The third kappa shape index (κ3) is 2.12. The Labute approximate surface area is 110 Å². The van der Waals surface area contributed by atoms with Crippen LogP contribution >= 0.6 is 11.3 Å². The summed E-state index contributed by atoms with van der Waals surface area (Å²) in [6.45, 7) is 1.80. The Hall–Kier alpha value is -1.07. The molecule has 5 heteroatoms. The highest BCUT2D eigenvalue weighted by atomic mass is 32.1. The molecule has 3 rings (SSSR count). The topological polar surface area (TPSA) is 58.9 Å². The molecule has 2 aromatic rings. The molecule has 1 N–H and O–H groups in total. The van der Waals surface area contributed by atoms with Gasteiger partial charge in [0.25, 0.3) is 0 Å². The van der Waals surface area contributed by atoms with Crippen molar-refractivity contribution in [3.63, 3.8) is 0 Å². The zero-order valence-electron chi connectivity index (χ0n) is 10.5.